The minimum Gasteiger partial charge on any atom is -0.460 e. The Bertz CT molecular complexity index is 889. The van der Waals surface area contributed by atoms with Gasteiger partial charge in [0.25, 0.3) is 0 Å². The highest BCUT2D eigenvalue weighted by molar-refractivity contribution is 7.99. The van der Waals surface area contributed by atoms with Gasteiger partial charge in [-0.2, -0.15) is 5.26 Å². The molecule has 3 rings (SSSR count). The van der Waals surface area contributed by atoms with Crippen molar-refractivity contribution in [2.75, 3.05) is 5.73 Å². The number of pyridine rings is 1. The lowest BCUT2D eigenvalue weighted by atomic mass is 10.2. The maximum atomic E-state index is 13.6. The lowest BCUT2D eigenvalue weighted by Gasteiger charge is -2.09. The van der Waals surface area contributed by atoms with Crippen LogP contribution >= 0.6 is 11.8 Å². The normalized spacial score (nSPS) is 12.2. The van der Waals surface area contributed by atoms with Gasteiger partial charge in [-0.05, 0) is 13.0 Å². The van der Waals surface area contributed by atoms with Crippen molar-refractivity contribution in [3.8, 4) is 6.07 Å². The third kappa shape index (κ3) is 2.71. The number of nitrogens with two attached hydrogens (primary N) is 1. The third-order valence-electron chi connectivity index (χ3n) is 2.97. The molecule has 3 heterocycles. The maximum Gasteiger partial charge on any atom is 0.191 e. The Hall–Kier alpha value is -2.66. The van der Waals surface area contributed by atoms with Crippen molar-refractivity contribution < 1.29 is 8.81 Å². The van der Waals surface area contributed by atoms with Gasteiger partial charge in [0.05, 0.1) is 22.5 Å². The molecule has 1 unspecified atom stereocenters. The van der Waals surface area contributed by atoms with Crippen LogP contribution in [0.1, 0.15) is 23.6 Å². The van der Waals surface area contributed by atoms with Crippen LogP contribution in [0.4, 0.5) is 10.2 Å². The zero-order chi connectivity index (χ0) is 15.7. The molecule has 0 aromatic carbocycles. The van der Waals surface area contributed by atoms with E-state index >= 15 is 0 Å². The standard InChI is InChI=1S/C14H10FN5OS/c1-7(22-14-19-8(4-16)2-13(17)20-14)11-3-9-10(15)6-21-12(9)5-18-11/h2-3,5-7H,1H3,(H2,17,19,20). The molecule has 0 aliphatic heterocycles. The van der Waals surface area contributed by atoms with Gasteiger partial charge in [0, 0.05) is 6.07 Å². The van der Waals surface area contributed by atoms with Gasteiger partial charge in [0.1, 0.15) is 23.8 Å². The number of thioether (sulfide) groups is 1. The van der Waals surface area contributed by atoms with Crippen LogP contribution in [0.5, 0.6) is 0 Å². The number of hydrogen-bond donors (Lipinski definition) is 1. The van der Waals surface area contributed by atoms with E-state index in [1.54, 1.807) is 6.07 Å². The van der Waals surface area contributed by atoms with Gasteiger partial charge >= 0.3 is 0 Å². The Balaban J connectivity index is 1.89. The first-order chi connectivity index (χ1) is 10.6. The second-order valence-electron chi connectivity index (χ2n) is 4.52. The Morgan fingerprint density at radius 3 is 3.00 bits per heavy atom. The summed E-state index contributed by atoms with van der Waals surface area (Å²) >= 11 is 1.29. The third-order valence-corrected chi connectivity index (χ3v) is 3.96. The number of nitriles is 1. The number of anilines is 1. The molecule has 2 N–H and O–H groups in total. The van der Waals surface area contributed by atoms with E-state index in [0.717, 1.165) is 6.26 Å². The quantitative estimate of drug-likeness (QED) is 0.585. The predicted molar refractivity (Wildman–Crippen MR) is 79.4 cm³/mol. The summed E-state index contributed by atoms with van der Waals surface area (Å²) in [7, 11) is 0. The van der Waals surface area contributed by atoms with Crippen LogP contribution in [-0.2, 0) is 0 Å². The molecule has 0 saturated heterocycles. The molecule has 1 atom stereocenters. The van der Waals surface area contributed by atoms with Crippen molar-refractivity contribution in [2.45, 2.75) is 17.3 Å². The monoisotopic (exact) mass is 315 g/mol. The van der Waals surface area contributed by atoms with E-state index in [0.29, 0.717) is 21.8 Å². The predicted octanol–water partition coefficient (Wildman–Crippen LogP) is 3.06. The zero-order valence-corrected chi connectivity index (χ0v) is 12.3. The average Bonchev–Trinajstić information content (AvgIpc) is 2.87. The first kappa shape index (κ1) is 14.3. The van der Waals surface area contributed by atoms with Gasteiger partial charge in [-0.3, -0.25) is 4.98 Å². The van der Waals surface area contributed by atoms with Crippen molar-refractivity contribution in [1.82, 2.24) is 15.0 Å². The topological polar surface area (TPSA) is 102 Å². The average molecular weight is 315 g/mol. The number of rotatable bonds is 3. The highest BCUT2D eigenvalue weighted by Gasteiger charge is 2.15. The molecule has 0 bridgehead atoms. The van der Waals surface area contributed by atoms with Gasteiger partial charge in [0.2, 0.25) is 0 Å². The fourth-order valence-corrected chi connectivity index (χ4v) is 2.79. The van der Waals surface area contributed by atoms with Gasteiger partial charge in [0.15, 0.2) is 16.6 Å². The number of aromatic nitrogens is 3. The summed E-state index contributed by atoms with van der Waals surface area (Å²) in [5.74, 6) is -0.201. The van der Waals surface area contributed by atoms with E-state index in [-0.39, 0.29) is 16.8 Å². The number of nitrogen functional groups attached to an aromatic ring is 1. The number of fused-ring (bicyclic) bond motifs is 1. The summed E-state index contributed by atoms with van der Waals surface area (Å²) in [6.07, 6.45) is 2.53. The Morgan fingerprint density at radius 2 is 2.23 bits per heavy atom. The molecule has 0 aliphatic rings. The van der Waals surface area contributed by atoms with E-state index in [4.69, 9.17) is 15.4 Å². The van der Waals surface area contributed by atoms with Crippen molar-refractivity contribution in [3.05, 3.63) is 41.8 Å². The summed E-state index contributed by atoms with van der Waals surface area (Å²) in [6.45, 7) is 1.88. The number of halogens is 1. The lowest BCUT2D eigenvalue weighted by Crippen LogP contribution is -1.99. The lowest BCUT2D eigenvalue weighted by molar-refractivity contribution is 0.557. The summed E-state index contributed by atoms with van der Waals surface area (Å²) < 4.78 is 18.6. The Kier molecular flexibility index (Phi) is 3.65. The molecule has 3 aromatic heterocycles. The maximum absolute atomic E-state index is 13.6. The van der Waals surface area contributed by atoms with Crippen molar-refractivity contribution in [2.24, 2.45) is 0 Å². The van der Waals surface area contributed by atoms with E-state index in [2.05, 4.69) is 15.0 Å². The molecular weight excluding hydrogens is 305 g/mol. The molecule has 0 spiro atoms. The van der Waals surface area contributed by atoms with Crippen LogP contribution in [-0.4, -0.2) is 15.0 Å². The minimum atomic E-state index is -0.428. The fraction of sp³-hybridized carbons (Fsp3) is 0.143. The first-order valence-corrected chi connectivity index (χ1v) is 7.18. The van der Waals surface area contributed by atoms with E-state index < -0.39 is 5.82 Å². The van der Waals surface area contributed by atoms with Gasteiger partial charge < -0.3 is 10.2 Å². The molecule has 0 fully saturated rings. The Morgan fingerprint density at radius 1 is 1.41 bits per heavy atom. The zero-order valence-electron chi connectivity index (χ0n) is 11.4. The van der Waals surface area contributed by atoms with Crippen molar-refractivity contribution >= 4 is 28.5 Å². The molecule has 0 radical (unpaired) electrons. The molecule has 22 heavy (non-hydrogen) atoms. The van der Waals surface area contributed by atoms with Gasteiger partial charge in [-0.25, -0.2) is 14.4 Å². The summed E-state index contributed by atoms with van der Waals surface area (Å²) in [5.41, 5.74) is 6.89. The van der Waals surface area contributed by atoms with Gasteiger partial charge in [-0.15, -0.1) is 0 Å². The van der Waals surface area contributed by atoms with Crippen LogP contribution in [0.15, 0.2) is 34.2 Å². The van der Waals surface area contributed by atoms with Crippen LogP contribution in [0.2, 0.25) is 0 Å². The summed E-state index contributed by atoms with van der Waals surface area (Å²) in [6, 6.07) is 4.96. The summed E-state index contributed by atoms with van der Waals surface area (Å²) in [5, 5.41) is 9.50. The molecule has 8 heteroatoms. The van der Waals surface area contributed by atoms with E-state index in [1.165, 1.54) is 24.0 Å². The SMILES string of the molecule is CC(Sc1nc(N)cc(C#N)n1)c1cc2c(F)coc2cn1. The van der Waals surface area contributed by atoms with Gasteiger partial charge in [-0.1, -0.05) is 11.8 Å². The number of hydrogen-bond acceptors (Lipinski definition) is 7. The first-order valence-electron chi connectivity index (χ1n) is 6.31. The van der Waals surface area contributed by atoms with Crippen molar-refractivity contribution in [3.63, 3.8) is 0 Å². The molecule has 0 aliphatic carbocycles. The van der Waals surface area contributed by atoms with Crippen molar-refractivity contribution in [1.29, 1.82) is 5.26 Å². The molecule has 6 nitrogen and oxygen atoms in total. The Labute approximate surface area is 129 Å². The van der Waals surface area contributed by atoms with Crippen LogP contribution < -0.4 is 5.73 Å². The highest BCUT2D eigenvalue weighted by Crippen LogP contribution is 2.33. The molecular formula is C14H10FN5OS. The number of nitrogens with zero attached hydrogens (tertiary/aromatic N) is 4. The smallest absolute Gasteiger partial charge is 0.191 e. The second kappa shape index (κ2) is 5.61. The largest absolute Gasteiger partial charge is 0.460 e. The number of furan rings is 1. The highest BCUT2D eigenvalue weighted by atomic mass is 32.2. The minimum absolute atomic E-state index is 0.146. The van der Waals surface area contributed by atoms with Crippen LogP contribution in [0, 0.1) is 17.1 Å². The van der Waals surface area contributed by atoms with Crippen LogP contribution in [0.3, 0.4) is 0 Å². The molecule has 3 aromatic rings. The summed E-state index contributed by atoms with van der Waals surface area (Å²) in [4.78, 5) is 12.4. The van der Waals surface area contributed by atoms with E-state index in [1.807, 2.05) is 13.0 Å². The molecule has 0 saturated carbocycles. The van der Waals surface area contributed by atoms with E-state index in [9.17, 15) is 4.39 Å². The molecule has 110 valence electrons. The fourth-order valence-electron chi connectivity index (χ4n) is 1.91. The van der Waals surface area contributed by atoms with Crippen LogP contribution in [0.25, 0.3) is 11.0 Å². The molecule has 0 amide bonds. The second-order valence-corrected chi connectivity index (χ2v) is 5.83.